The van der Waals surface area contributed by atoms with Crippen LogP contribution < -0.4 is 15.4 Å². The van der Waals surface area contributed by atoms with Crippen LogP contribution in [0.2, 0.25) is 0 Å². The molecule has 0 fully saturated rings. The van der Waals surface area contributed by atoms with E-state index in [2.05, 4.69) is 10.6 Å². The van der Waals surface area contributed by atoms with Gasteiger partial charge in [0, 0.05) is 18.3 Å². The van der Waals surface area contributed by atoms with Gasteiger partial charge >= 0.3 is 0 Å². The summed E-state index contributed by atoms with van der Waals surface area (Å²) < 4.78 is 23.8. The molecule has 138 valence electrons. The van der Waals surface area contributed by atoms with Gasteiger partial charge in [0.25, 0.3) is 11.8 Å². The second kappa shape index (κ2) is 8.18. The van der Waals surface area contributed by atoms with E-state index in [1.165, 1.54) is 37.4 Å². The Morgan fingerprint density at radius 3 is 2.56 bits per heavy atom. The largest absolute Gasteiger partial charge is 0.486 e. The molecule has 0 saturated carbocycles. The van der Waals surface area contributed by atoms with Gasteiger partial charge in [-0.15, -0.1) is 0 Å². The van der Waals surface area contributed by atoms with Crippen molar-refractivity contribution in [1.29, 1.82) is 0 Å². The molecule has 0 aliphatic heterocycles. The molecule has 7 heteroatoms. The molecule has 0 saturated heterocycles. The Morgan fingerprint density at radius 1 is 1.04 bits per heavy atom. The first-order valence-corrected chi connectivity index (χ1v) is 8.16. The van der Waals surface area contributed by atoms with Gasteiger partial charge in [0.1, 0.15) is 23.9 Å². The summed E-state index contributed by atoms with van der Waals surface area (Å²) in [6, 6.07) is 15.3. The number of nitrogens with one attached hydrogen (secondary N) is 2. The normalized spacial score (nSPS) is 10.3. The number of carbonyl (C=O) groups is 2. The van der Waals surface area contributed by atoms with Gasteiger partial charge in [0.15, 0.2) is 5.76 Å². The summed E-state index contributed by atoms with van der Waals surface area (Å²) in [7, 11) is 1.53. The van der Waals surface area contributed by atoms with Crippen LogP contribution in [0.5, 0.6) is 5.75 Å². The Labute approximate surface area is 155 Å². The summed E-state index contributed by atoms with van der Waals surface area (Å²) in [5.41, 5.74) is 0.907. The van der Waals surface area contributed by atoms with E-state index >= 15 is 0 Å². The number of halogens is 1. The molecule has 0 spiro atoms. The number of hydrogen-bond donors (Lipinski definition) is 2. The van der Waals surface area contributed by atoms with Crippen molar-refractivity contribution in [2.45, 2.75) is 6.61 Å². The van der Waals surface area contributed by atoms with Gasteiger partial charge in [-0.3, -0.25) is 9.59 Å². The zero-order valence-corrected chi connectivity index (χ0v) is 14.5. The molecule has 1 aromatic heterocycles. The van der Waals surface area contributed by atoms with Crippen molar-refractivity contribution in [2.75, 3.05) is 12.4 Å². The van der Waals surface area contributed by atoms with Gasteiger partial charge in [0.05, 0.1) is 0 Å². The molecular weight excluding hydrogens is 351 g/mol. The molecule has 1 heterocycles. The van der Waals surface area contributed by atoms with Crippen molar-refractivity contribution in [3.8, 4) is 5.75 Å². The summed E-state index contributed by atoms with van der Waals surface area (Å²) in [4.78, 5) is 24.0. The van der Waals surface area contributed by atoms with E-state index in [-0.39, 0.29) is 24.1 Å². The van der Waals surface area contributed by atoms with E-state index in [1.807, 2.05) is 0 Å². The first-order valence-electron chi connectivity index (χ1n) is 8.16. The zero-order chi connectivity index (χ0) is 19.2. The Morgan fingerprint density at radius 2 is 1.81 bits per heavy atom. The number of carbonyl (C=O) groups excluding carboxylic acids is 2. The van der Waals surface area contributed by atoms with Gasteiger partial charge in [-0.2, -0.15) is 0 Å². The number of rotatable bonds is 6. The lowest BCUT2D eigenvalue weighted by molar-refractivity contribution is 0.0960. The van der Waals surface area contributed by atoms with E-state index in [0.717, 1.165) is 0 Å². The predicted molar refractivity (Wildman–Crippen MR) is 97.2 cm³/mol. The minimum atomic E-state index is -0.447. The highest BCUT2D eigenvalue weighted by Gasteiger charge is 2.13. The zero-order valence-electron chi connectivity index (χ0n) is 14.5. The minimum Gasteiger partial charge on any atom is -0.486 e. The van der Waals surface area contributed by atoms with Gasteiger partial charge < -0.3 is 19.8 Å². The van der Waals surface area contributed by atoms with E-state index in [9.17, 15) is 14.0 Å². The number of ether oxygens (including phenoxy) is 1. The maximum Gasteiger partial charge on any atom is 0.291 e. The van der Waals surface area contributed by atoms with Crippen LogP contribution >= 0.6 is 0 Å². The first-order chi connectivity index (χ1) is 13.0. The van der Waals surface area contributed by atoms with Crippen molar-refractivity contribution in [3.63, 3.8) is 0 Å². The molecule has 0 aliphatic rings. The van der Waals surface area contributed by atoms with Crippen LogP contribution in [-0.2, 0) is 6.61 Å². The molecule has 27 heavy (non-hydrogen) atoms. The molecule has 2 N–H and O–H groups in total. The van der Waals surface area contributed by atoms with Crippen molar-refractivity contribution in [1.82, 2.24) is 5.32 Å². The van der Waals surface area contributed by atoms with Crippen molar-refractivity contribution < 1.29 is 23.1 Å². The van der Waals surface area contributed by atoms with Crippen LogP contribution in [0.25, 0.3) is 0 Å². The standard InChI is InChI=1S/C20H17FN2O4/c1-22-19(24)13-3-2-4-15(11-13)23-20(25)18-10-9-17(27-18)12-26-16-7-5-14(21)6-8-16/h2-11H,12H2,1H3,(H,22,24)(H,23,25). The fourth-order valence-corrected chi connectivity index (χ4v) is 2.34. The molecule has 0 unspecified atom stereocenters. The molecule has 3 rings (SSSR count). The Hall–Kier alpha value is -3.61. The number of benzene rings is 2. The summed E-state index contributed by atoms with van der Waals surface area (Å²) in [6.45, 7) is 0.102. The Kier molecular flexibility index (Phi) is 5.51. The summed E-state index contributed by atoms with van der Waals surface area (Å²) in [5.74, 6) is 0.00710. The lowest BCUT2D eigenvalue weighted by Gasteiger charge is -2.06. The molecule has 2 amide bonds. The SMILES string of the molecule is CNC(=O)c1cccc(NC(=O)c2ccc(COc3ccc(F)cc3)o2)c1. The number of anilines is 1. The van der Waals surface area contributed by atoms with Crippen LogP contribution in [0.1, 0.15) is 26.7 Å². The molecule has 2 aromatic carbocycles. The first kappa shape index (κ1) is 18.2. The summed E-state index contributed by atoms with van der Waals surface area (Å²) in [5, 5.41) is 5.20. The van der Waals surface area contributed by atoms with Gasteiger partial charge in [-0.05, 0) is 54.6 Å². The van der Waals surface area contributed by atoms with Crippen LogP contribution in [-0.4, -0.2) is 18.9 Å². The van der Waals surface area contributed by atoms with Gasteiger partial charge in [0.2, 0.25) is 0 Å². The highest BCUT2D eigenvalue weighted by molar-refractivity contribution is 6.03. The molecule has 0 atom stereocenters. The van der Waals surface area contributed by atoms with Crippen molar-refractivity contribution >= 4 is 17.5 Å². The van der Waals surface area contributed by atoms with E-state index < -0.39 is 5.91 Å². The van der Waals surface area contributed by atoms with E-state index in [0.29, 0.717) is 22.8 Å². The van der Waals surface area contributed by atoms with Gasteiger partial charge in [-0.25, -0.2) is 4.39 Å². The number of furan rings is 1. The predicted octanol–water partition coefficient (Wildman–Crippen LogP) is 3.61. The highest BCUT2D eigenvalue weighted by Crippen LogP contribution is 2.17. The van der Waals surface area contributed by atoms with Crippen LogP contribution in [0, 0.1) is 5.82 Å². The topological polar surface area (TPSA) is 80.6 Å². The molecule has 0 radical (unpaired) electrons. The quantitative estimate of drug-likeness (QED) is 0.697. The lowest BCUT2D eigenvalue weighted by Crippen LogP contribution is -2.18. The average Bonchev–Trinajstić information content (AvgIpc) is 3.16. The third-order valence-electron chi connectivity index (χ3n) is 3.69. The smallest absolute Gasteiger partial charge is 0.291 e. The lowest BCUT2D eigenvalue weighted by atomic mass is 10.2. The second-order valence-corrected chi connectivity index (χ2v) is 5.62. The minimum absolute atomic E-state index is 0.102. The van der Waals surface area contributed by atoms with Gasteiger partial charge in [-0.1, -0.05) is 6.07 Å². The third-order valence-corrected chi connectivity index (χ3v) is 3.69. The maximum absolute atomic E-state index is 12.9. The highest BCUT2D eigenvalue weighted by atomic mass is 19.1. The fraction of sp³-hybridized carbons (Fsp3) is 0.100. The molecule has 6 nitrogen and oxygen atoms in total. The molecule has 0 bridgehead atoms. The summed E-state index contributed by atoms with van der Waals surface area (Å²) in [6.07, 6.45) is 0. The Balaban J connectivity index is 1.61. The maximum atomic E-state index is 12.9. The van der Waals surface area contributed by atoms with Crippen molar-refractivity contribution in [3.05, 3.63) is 83.6 Å². The molecule has 3 aromatic rings. The van der Waals surface area contributed by atoms with Crippen molar-refractivity contribution in [2.24, 2.45) is 0 Å². The van der Waals surface area contributed by atoms with Crippen LogP contribution in [0.15, 0.2) is 65.1 Å². The second-order valence-electron chi connectivity index (χ2n) is 5.62. The van der Waals surface area contributed by atoms with E-state index in [4.69, 9.17) is 9.15 Å². The third kappa shape index (κ3) is 4.72. The fourth-order valence-electron chi connectivity index (χ4n) is 2.34. The average molecular weight is 368 g/mol. The van der Waals surface area contributed by atoms with Crippen LogP contribution in [0.4, 0.5) is 10.1 Å². The van der Waals surface area contributed by atoms with Crippen LogP contribution in [0.3, 0.4) is 0 Å². The number of hydrogen-bond acceptors (Lipinski definition) is 4. The Bertz CT molecular complexity index is 951. The molecular formula is C20H17FN2O4. The summed E-state index contributed by atoms with van der Waals surface area (Å²) >= 11 is 0. The van der Waals surface area contributed by atoms with E-state index in [1.54, 1.807) is 30.3 Å². The molecule has 0 aliphatic carbocycles. The monoisotopic (exact) mass is 368 g/mol. The number of amides is 2.